The van der Waals surface area contributed by atoms with Crippen LogP contribution in [0.3, 0.4) is 0 Å². The maximum Gasteiger partial charge on any atom is 0.217 e. The van der Waals surface area contributed by atoms with Crippen LogP contribution in [0.5, 0.6) is 5.88 Å². The lowest BCUT2D eigenvalue weighted by atomic mass is 10.2. The van der Waals surface area contributed by atoms with E-state index in [0.717, 1.165) is 18.4 Å². The predicted octanol–water partition coefficient (Wildman–Crippen LogP) is 0.705. The van der Waals surface area contributed by atoms with E-state index in [1.165, 1.54) is 0 Å². The van der Waals surface area contributed by atoms with Crippen molar-refractivity contribution in [2.24, 2.45) is 0 Å². The van der Waals surface area contributed by atoms with E-state index in [1.807, 2.05) is 12.1 Å². The molecule has 0 amide bonds. The number of aliphatic hydroxyl groups is 1. The van der Waals surface area contributed by atoms with Gasteiger partial charge in [0.25, 0.3) is 0 Å². The largest absolute Gasteiger partial charge is 0.481 e. The first-order valence-corrected chi connectivity index (χ1v) is 5.13. The van der Waals surface area contributed by atoms with Crippen LogP contribution in [0, 0.1) is 0 Å². The quantitative estimate of drug-likeness (QED) is 0.748. The third-order valence-corrected chi connectivity index (χ3v) is 2.85. The molecular formula is C11H16N2O2. The number of rotatable bonds is 5. The number of nitrogens with one attached hydrogen (secondary N) is 1. The molecule has 0 bridgehead atoms. The molecular weight excluding hydrogens is 192 g/mol. The zero-order valence-electron chi connectivity index (χ0n) is 8.86. The maximum atomic E-state index is 9.15. The molecule has 82 valence electrons. The molecule has 0 unspecified atom stereocenters. The lowest BCUT2D eigenvalue weighted by Gasteiger charge is -2.15. The van der Waals surface area contributed by atoms with Gasteiger partial charge in [-0.05, 0) is 18.9 Å². The average molecular weight is 208 g/mol. The molecule has 0 saturated heterocycles. The van der Waals surface area contributed by atoms with Crippen LogP contribution < -0.4 is 10.1 Å². The second-order valence-electron chi connectivity index (χ2n) is 3.96. The van der Waals surface area contributed by atoms with Gasteiger partial charge in [0, 0.05) is 23.8 Å². The minimum Gasteiger partial charge on any atom is -0.481 e. The molecule has 1 aromatic heterocycles. The predicted molar refractivity (Wildman–Crippen MR) is 56.7 cm³/mol. The monoisotopic (exact) mass is 208 g/mol. The SMILES string of the molecule is COc1ncccc1CNC1(CO)CC1. The van der Waals surface area contributed by atoms with Gasteiger partial charge in [-0.15, -0.1) is 0 Å². The summed E-state index contributed by atoms with van der Waals surface area (Å²) in [5.41, 5.74) is 0.987. The van der Waals surface area contributed by atoms with Gasteiger partial charge in [0.2, 0.25) is 5.88 Å². The Morgan fingerprint density at radius 2 is 2.40 bits per heavy atom. The first-order chi connectivity index (χ1) is 7.29. The summed E-state index contributed by atoms with van der Waals surface area (Å²) < 4.78 is 5.15. The smallest absolute Gasteiger partial charge is 0.217 e. The zero-order valence-corrected chi connectivity index (χ0v) is 8.86. The topological polar surface area (TPSA) is 54.4 Å². The van der Waals surface area contributed by atoms with Gasteiger partial charge in [0.15, 0.2) is 0 Å². The van der Waals surface area contributed by atoms with Gasteiger partial charge in [0.05, 0.1) is 13.7 Å². The fourth-order valence-electron chi connectivity index (χ4n) is 1.57. The highest BCUT2D eigenvalue weighted by molar-refractivity contribution is 5.25. The summed E-state index contributed by atoms with van der Waals surface area (Å²) in [5.74, 6) is 0.652. The Balaban J connectivity index is 1.98. The molecule has 1 saturated carbocycles. The molecule has 1 aliphatic carbocycles. The number of aromatic nitrogens is 1. The number of methoxy groups -OCH3 is 1. The summed E-state index contributed by atoms with van der Waals surface area (Å²) >= 11 is 0. The van der Waals surface area contributed by atoms with Crippen LogP contribution in [0.25, 0.3) is 0 Å². The van der Waals surface area contributed by atoms with Gasteiger partial charge >= 0.3 is 0 Å². The molecule has 1 aromatic rings. The van der Waals surface area contributed by atoms with Crippen molar-refractivity contribution in [1.29, 1.82) is 0 Å². The summed E-state index contributed by atoms with van der Waals surface area (Å²) in [7, 11) is 1.62. The van der Waals surface area contributed by atoms with Gasteiger partial charge < -0.3 is 15.2 Å². The Bertz CT molecular complexity index is 337. The number of hydrogen-bond acceptors (Lipinski definition) is 4. The Kier molecular flexibility index (Phi) is 2.88. The van der Waals surface area contributed by atoms with Crippen LogP contribution in [-0.2, 0) is 6.54 Å². The molecule has 2 rings (SSSR count). The van der Waals surface area contributed by atoms with E-state index in [4.69, 9.17) is 9.84 Å². The number of ether oxygens (including phenoxy) is 1. The second-order valence-corrected chi connectivity index (χ2v) is 3.96. The Labute approximate surface area is 89.3 Å². The fraction of sp³-hybridized carbons (Fsp3) is 0.545. The maximum absolute atomic E-state index is 9.15. The van der Waals surface area contributed by atoms with Gasteiger partial charge in [-0.1, -0.05) is 6.07 Å². The molecule has 2 N–H and O–H groups in total. The van der Waals surface area contributed by atoms with Gasteiger partial charge in [0.1, 0.15) is 0 Å². The van der Waals surface area contributed by atoms with E-state index < -0.39 is 0 Å². The minimum atomic E-state index is -0.0408. The molecule has 0 atom stereocenters. The zero-order chi connectivity index (χ0) is 10.7. The van der Waals surface area contributed by atoms with Crippen molar-refractivity contribution in [3.05, 3.63) is 23.9 Å². The van der Waals surface area contributed by atoms with Crippen LogP contribution in [0.4, 0.5) is 0 Å². The Morgan fingerprint density at radius 3 is 3.00 bits per heavy atom. The summed E-state index contributed by atoms with van der Waals surface area (Å²) in [5, 5.41) is 12.5. The first-order valence-electron chi connectivity index (χ1n) is 5.13. The Hall–Kier alpha value is -1.13. The van der Waals surface area contributed by atoms with E-state index in [2.05, 4.69) is 10.3 Å². The van der Waals surface area contributed by atoms with Crippen molar-refractivity contribution in [3.63, 3.8) is 0 Å². The molecule has 0 radical (unpaired) electrons. The fourth-order valence-corrected chi connectivity index (χ4v) is 1.57. The van der Waals surface area contributed by atoms with Crippen LogP contribution in [0.15, 0.2) is 18.3 Å². The minimum absolute atomic E-state index is 0.0408. The van der Waals surface area contributed by atoms with Gasteiger partial charge in [-0.2, -0.15) is 0 Å². The average Bonchev–Trinajstić information content (AvgIpc) is 3.07. The summed E-state index contributed by atoms with van der Waals surface area (Å²) in [6.07, 6.45) is 3.80. The summed E-state index contributed by atoms with van der Waals surface area (Å²) in [6, 6.07) is 3.87. The molecule has 0 aromatic carbocycles. The third kappa shape index (κ3) is 2.27. The molecule has 0 spiro atoms. The molecule has 1 heterocycles. The lowest BCUT2D eigenvalue weighted by molar-refractivity contribution is 0.229. The van der Waals surface area contributed by atoms with Crippen molar-refractivity contribution >= 4 is 0 Å². The molecule has 1 fully saturated rings. The van der Waals surface area contributed by atoms with Gasteiger partial charge in [-0.3, -0.25) is 0 Å². The molecule has 1 aliphatic rings. The van der Waals surface area contributed by atoms with E-state index >= 15 is 0 Å². The number of aliphatic hydroxyl groups excluding tert-OH is 1. The highest BCUT2D eigenvalue weighted by Gasteiger charge is 2.41. The van der Waals surface area contributed by atoms with E-state index in [1.54, 1.807) is 13.3 Å². The summed E-state index contributed by atoms with van der Waals surface area (Å²) in [4.78, 5) is 4.12. The van der Waals surface area contributed by atoms with E-state index in [-0.39, 0.29) is 12.1 Å². The molecule has 0 aliphatic heterocycles. The molecule has 15 heavy (non-hydrogen) atoms. The third-order valence-electron chi connectivity index (χ3n) is 2.85. The highest BCUT2D eigenvalue weighted by atomic mass is 16.5. The van der Waals surface area contributed by atoms with Crippen LogP contribution >= 0.6 is 0 Å². The standard InChI is InChI=1S/C11H16N2O2/c1-15-10-9(3-2-6-12-10)7-13-11(8-14)4-5-11/h2-3,6,13-14H,4-5,7-8H2,1H3. The molecule has 4 nitrogen and oxygen atoms in total. The van der Waals surface area contributed by atoms with Crippen molar-refractivity contribution < 1.29 is 9.84 Å². The molecule has 4 heteroatoms. The van der Waals surface area contributed by atoms with Crippen molar-refractivity contribution in [2.75, 3.05) is 13.7 Å². The normalized spacial score (nSPS) is 17.5. The van der Waals surface area contributed by atoms with Crippen LogP contribution in [0.2, 0.25) is 0 Å². The van der Waals surface area contributed by atoms with Gasteiger partial charge in [-0.25, -0.2) is 4.98 Å². The summed E-state index contributed by atoms with van der Waals surface area (Å²) in [6.45, 7) is 0.896. The van der Waals surface area contributed by atoms with Crippen LogP contribution in [-0.4, -0.2) is 29.3 Å². The number of nitrogens with zero attached hydrogens (tertiary/aromatic N) is 1. The number of pyridine rings is 1. The number of hydrogen-bond donors (Lipinski definition) is 2. The van der Waals surface area contributed by atoms with Crippen molar-refractivity contribution in [1.82, 2.24) is 10.3 Å². The first kappa shape index (κ1) is 10.4. The van der Waals surface area contributed by atoms with E-state index in [0.29, 0.717) is 12.4 Å². The Morgan fingerprint density at radius 1 is 1.60 bits per heavy atom. The highest BCUT2D eigenvalue weighted by Crippen LogP contribution is 2.35. The van der Waals surface area contributed by atoms with E-state index in [9.17, 15) is 0 Å². The van der Waals surface area contributed by atoms with Crippen LogP contribution in [0.1, 0.15) is 18.4 Å². The van der Waals surface area contributed by atoms with Crippen molar-refractivity contribution in [2.45, 2.75) is 24.9 Å². The van der Waals surface area contributed by atoms with Crippen molar-refractivity contribution in [3.8, 4) is 5.88 Å². The lowest BCUT2D eigenvalue weighted by Crippen LogP contribution is -2.34. The second kappa shape index (κ2) is 4.16.